The van der Waals surface area contributed by atoms with Gasteiger partial charge in [-0.25, -0.2) is 4.68 Å². The van der Waals surface area contributed by atoms with E-state index in [4.69, 9.17) is 4.18 Å². The summed E-state index contributed by atoms with van der Waals surface area (Å²) < 4.78 is 28.5. The summed E-state index contributed by atoms with van der Waals surface area (Å²) in [7, 11) is -3.59. The Balaban J connectivity index is 3.03. The predicted molar refractivity (Wildman–Crippen MR) is 90.7 cm³/mol. The summed E-state index contributed by atoms with van der Waals surface area (Å²) in [5.41, 5.74) is 0.813. The highest BCUT2D eigenvalue weighted by molar-refractivity contribution is 7.85. The molecular formula is C16H26N2O4S. The number of unbranched alkanes of at least 4 members (excludes halogenated alkanes) is 1. The van der Waals surface area contributed by atoms with Crippen LogP contribution in [0, 0.1) is 5.92 Å². The summed E-state index contributed by atoms with van der Waals surface area (Å²) in [5.74, 6) is 0.266. The van der Waals surface area contributed by atoms with E-state index in [1.165, 1.54) is 4.68 Å². The van der Waals surface area contributed by atoms with Crippen molar-refractivity contribution in [2.45, 2.75) is 53.2 Å². The Morgan fingerprint density at radius 3 is 2.65 bits per heavy atom. The summed E-state index contributed by atoms with van der Waals surface area (Å²) in [6, 6.07) is 1.65. The van der Waals surface area contributed by atoms with Gasteiger partial charge in [0.1, 0.15) is 0 Å². The third-order valence-electron chi connectivity index (χ3n) is 3.11. The molecule has 0 spiro atoms. The lowest BCUT2D eigenvalue weighted by molar-refractivity contribution is 0.306. The first-order chi connectivity index (χ1) is 10.7. The van der Waals surface area contributed by atoms with E-state index in [0.717, 1.165) is 31.2 Å². The molecular weight excluding hydrogens is 316 g/mol. The molecule has 0 bridgehead atoms. The fourth-order valence-corrected chi connectivity index (χ4v) is 2.43. The van der Waals surface area contributed by atoms with Crippen molar-refractivity contribution in [2.24, 2.45) is 5.92 Å². The minimum atomic E-state index is -3.59. The Kier molecular flexibility index (Phi) is 7.64. The fraction of sp³-hybridized carbons (Fsp3) is 0.625. The first kappa shape index (κ1) is 19.6. The third-order valence-corrected chi connectivity index (χ3v) is 3.65. The molecule has 6 nitrogen and oxygen atoms in total. The Morgan fingerprint density at radius 2 is 2.09 bits per heavy atom. The molecule has 0 aliphatic carbocycles. The van der Waals surface area contributed by atoms with E-state index in [9.17, 15) is 13.2 Å². The first-order valence-electron chi connectivity index (χ1n) is 7.78. The van der Waals surface area contributed by atoms with Crippen molar-refractivity contribution in [3.8, 4) is 0 Å². The van der Waals surface area contributed by atoms with E-state index < -0.39 is 10.1 Å². The van der Waals surface area contributed by atoms with Crippen molar-refractivity contribution in [1.82, 2.24) is 9.78 Å². The van der Waals surface area contributed by atoms with Crippen LogP contribution in [0.15, 0.2) is 23.0 Å². The molecule has 0 saturated carbocycles. The van der Waals surface area contributed by atoms with Crippen molar-refractivity contribution in [3.05, 3.63) is 39.8 Å². The van der Waals surface area contributed by atoms with Gasteiger partial charge in [0.25, 0.3) is 15.7 Å². The van der Waals surface area contributed by atoms with Crippen molar-refractivity contribution >= 4 is 10.1 Å². The van der Waals surface area contributed by atoms with Crippen LogP contribution in [0.25, 0.3) is 0 Å². The molecule has 1 aromatic heterocycles. The molecule has 0 amide bonds. The highest BCUT2D eigenvalue weighted by atomic mass is 32.2. The fourth-order valence-electron chi connectivity index (χ4n) is 2.09. The van der Waals surface area contributed by atoms with Crippen LogP contribution in [0.3, 0.4) is 0 Å². The molecule has 1 rings (SSSR count). The summed E-state index contributed by atoms with van der Waals surface area (Å²) in [6.45, 7) is 6.22. The molecule has 0 radical (unpaired) electrons. The van der Waals surface area contributed by atoms with Gasteiger partial charge in [-0.3, -0.25) is 8.98 Å². The highest BCUT2D eigenvalue weighted by Gasteiger charge is 2.12. The number of aromatic nitrogens is 2. The van der Waals surface area contributed by atoms with Gasteiger partial charge in [-0.2, -0.15) is 13.5 Å². The van der Waals surface area contributed by atoms with Gasteiger partial charge in [-0.05, 0) is 38.2 Å². The van der Waals surface area contributed by atoms with Gasteiger partial charge in [0.15, 0.2) is 0 Å². The summed E-state index contributed by atoms with van der Waals surface area (Å²) in [6.07, 6.45) is 7.64. The van der Waals surface area contributed by atoms with Gasteiger partial charge < -0.3 is 0 Å². The van der Waals surface area contributed by atoms with Crippen molar-refractivity contribution in [2.75, 3.05) is 6.26 Å². The Labute approximate surface area is 138 Å². The average molecular weight is 342 g/mol. The second-order valence-electron chi connectivity index (χ2n) is 5.97. The average Bonchev–Trinajstić information content (AvgIpc) is 2.43. The van der Waals surface area contributed by atoms with E-state index in [0.29, 0.717) is 12.1 Å². The van der Waals surface area contributed by atoms with E-state index in [1.807, 2.05) is 26.8 Å². The van der Waals surface area contributed by atoms with Crippen molar-refractivity contribution < 1.29 is 12.6 Å². The van der Waals surface area contributed by atoms with Crippen LogP contribution in [0.4, 0.5) is 0 Å². The standard InChI is InChI=1S/C16H26N2O4S/c1-5-6-7-8-9-15-10-14(12-22-23(4,20)21)16(19)18(17-15)11-13(2)3/h5-6,10,13H,7-9,11-12H2,1-4H3. The third kappa shape index (κ3) is 7.56. The molecule has 0 atom stereocenters. The molecule has 0 fully saturated rings. The minimum Gasteiger partial charge on any atom is -0.267 e. The summed E-state index contributed by atoms with van der Waals surface area (Å²) >= 11 is 0. The molecule has 130 valence electrons. The number of hydrogen-bond acceptors (Lipinski definition) is 5. The summed E-state index contributed by atoms with van der Waals surface area (Å²) in [4.78, 5) is 12.4. The Morgan fingerprint density at radius 1 is 1.39 bits per heavy atom. The topological polar surface area (TPSA) is 78.3 Å². The second kappa shape index (κ2) is 8.98. The molecule has 0 unspecified atom stereocenters. The van der Waals surface area contributed by atoms with Gasteiger partial charge in [-0.15, -0.1) is 0 Å². The van der Waals surface area contributed by atoms with Gasteiger partial charge in [0.2, 0.25) is 0 Å². The van der Waals surface area contributed by atoms with Crippen LogP contribution in [-0.2, 0) is 33.9 Å². The quantitative estimate of drug-likeness (QED) is 0.391. The first-order valence-corrected chi connectivity index (χ1v) is 9.60. The zero-order valence-corrected chi connectivity index (χ0v) is 15.1. The van der Waals surface area contributed by atoms with Gasteiger partial charge in [-0.1, -0.05) is 26.0 Å². The van der Waals surface area contributed by atoms with E-state index in [2.05, 4.69) is 11.2 Å². The number of allylic oxidation sites excluding steroid dienone is 2. The van der Waals surface area contributed by atoms with Crippen molar-refractivity contribution in [1.29, 1.82) is 0 Å². The molecule has 0 aliphatic heterocycles. The molecule has 0 saturated heterocycles. The SMILES string of the molecule is CC=CCCCc1cc(COS(C)(=O)=O)c(=O)n(CC(C)C)n1. The van der Waals surface area contributed by atoms with Crippen LogP contribution in [0.5, 0.6) is 0 Å². The largest absolute Gasteiger partial charge is 0.272 e. The molecule has 0 aliphatic rings. The van der Waals surface area contributed by atoms with E-state index in [1.54, 1.807) is 6.07 Å². The van der Waals surface area contributed by atoms with Crippen LogP contribution in [0.2, 0.25) is 0 Å². The van der Waals surface area contributed by atoms with Crippen LogP contribution in [-0.4, -0.2) is 24.5 Å². The molecule has 0 N–H and O–H groups in total. The smallest absolute Gasteiger partial charge is 0.267 e. The summed E-state index contributed by atoms with van der Waals surface area (Å²) in [5, 5.41) is 4.39. The Bertz CT molecular complexity index is 691. The molecule has 0 aromatic carbocycles. The van der Waals surface area contributed by atoms with Gasteiger partial charge in [0, 0.05) is 12.1 Å². The maximum absolute atomic E-state index is 12.4. The monoisotopic (exact) mass is 342 g/mol. The second-order valence-corrected chi connectivity index (χ2v) is 7.61. The zero-order chi connectivity index (χ0) is 17.5. The van der Waals surface area contributed by atoms with Crippen molar-refractivity contribution in [3.63, 3.8) is 0 Å². The number of aryl methyl sites for hydroxylation is 1. The molecule has 1 aromatic rings. The van der Waals surface area contributed by atoms with Gasteiger partial charge in [0.05, 0.1) is 18.6 Å². The lowest BCUT2D eigenvalue weighted by Gasteiger charge is -2.12. The normalized spacial score (nSPS) is 12.4. The lowest BCUT2D eigenvalue weighted by Crippen LogP contribution is -2.29. The van der Waals surface area contributed by atoms with Gasteiger partial charge >= 0.3 is 0 Å². The Hall–Kier alpha value is -1.47. The number of hydrogen-bond donors (Lipinski definition) is 0. The number of rotatable bonds is 9. The minimum absolute atomic E-state index is 0.250. The van der Waals surface area contributed by atoms with E-state index in [-0.39, 0.29) is 18.1 Å². The highest BCUT2D eigenvalue weighted by Crippen LogP contribution is 2.07. The maximum Gasteiger partial charge on any atom is 0.272 e. The maximum atomic E-state index is 12.4. The van der Waals surface area contributed by atoms with Crippen LogP contribution >= 0.6 is 0 Å². The zero-order valence-electron chi connectivity index (χ0n) is 14.3. The lowest BCUT2D eigenvalue weighted by atomic mass is 10.1. The molecule has 1 heterocycles. The van der Waals surface area contributed by atoms with E-state index >= 15 is 0 Å². The van der Waals surface area contributed by atoms with Crippen LogP contribution in [0.1, 0.15) is 44.9 Å². The predicted octanol–water partition coefficient (Wildman–Crippen LogP) is 2.27. The molecule has 7 heteroatoms. The van der Waals surface area contributed by atoms with Crippen LogP contribution < -0.4 is 5.56 Å². The molecule has 23 heavy (non-hydrogen) atoms. The number of nitrogens with zero attached hydrogens (tertiary/aromatic N) is 2.